The average molecular weight is 474 g/mol. The van der Waals surface area contributed by atoms with Crippen molar-refractivity contribution in [2.45, 2.75) is 32.1 Å². The maximum Gasteiger partial charge on any atom is 0.417 e. The van der Waals surface area contributed by atoms with Gasteiger partial charge in [0.2, 0.25) is 5.96 Å². The number of hydrogen-bond donors (Lipinski definition) is 1. The molecule has 0 fully saturated rings. The van der Waals surface area contributed by atoms with Gasteiger partial charge in [-0.1, -0.05) is 76.6 Å². The van der Waals surface area contributed by atoms with Gasteiger partial charge in [0.15, 0.2) is 0 Å². The fourth-order valence-electron chi connectivity index (χ4n) is 3.01. The fourth-order valence-corrected chi connectivity index (χ4v) is 3.62. The number of hydrogen-bond acceptors (Lipinski definition) is 5. The zero-order valence-corrected chi connectivity index (χ0v) is 18.1. The smallest absolute Gasteiger partial charge is 0.417 e. The summed E-state index contributed by atoms with van der Waals surface area (Å²) in [6.07, 6.45) is 0.295. The third kappa shape index (κ3) is 6.32. The van der Waals surface area contributed by atoms with Crippen LogP contribution in [-0.4, -0.2) is 41.0 Å². The molecular formula is C22H24BrN3O4. The summed E-state index contributed by atoms with van der Waals surface area (Å²) in [7, 11) is 0. The van der Waals surface area contributed by atoms with Crippen molar-refractivity contribution in [2.75, 3.05) is 11.9 Å². The molecule has 2 amide bonds. The number of aliphatic imine (C=N–C) groups is 1. The van der Waals surface area contributed by atoms with Gasteiger partial charge in [0.1, 0.15) is 13.2 Å². The minimum atomic E-state index is -0.673. The maximum atomic E-state index is 12.9. The molecule has 0 aromatic heterocycles. The lowest BCUT2D eigenvalue weighted by molar-refractivity contribution is 0.105. The first-order valence-corrected chi connectivity index (χ1v) is 10.9. The molecule has 30 heavy (non-hydrogen) atoms. The number of nitrogens with one attached hydrogen (secondary N) is 1. The standard InChI is InChI=1S/C22H24BrN3O4/c23-14-19-12-7-13-24-20(25-21(27)29-15-17-8-3-1-4-9-17)26(19)22(28)30-16-18-10-5-2-6-11-18/h1-6,8-11,19H,7,12-16H2,(H,24,25,27). The third-order valence-corrected chi connectivity index (χ3v) is 5.30. The van der Waals surface area contributed by atoms with E-state index >= 15 is 0 Å². The number of alkyl halides is 1. The molecule has 8 heteroatoms. The van der Waals surface area contributed by atoms with Crippen LogP contribution in [0, 0.1) is 0 Å². The summed E-state index contributed by atoms with van der Waals surface area (Å²) in [6.45, 7) is 0.761. The van der Waals surface area contributed by atoms with E-state index in [1.807, 2.05) is 60.7 Å². The summed E-state index contributed by atoms with van der Waals surface area (Å²) >= 11 is 3.46. The second-order valence-electron chi connectivity index (χ2n) is 6.75. The SMILES string of the molecule is O=C(NC1=NCCCC(CBr)N1C(=O)OCc1ccccc1)OCc1ccccc1. The topological polar surface area (TPSA) is 80.2 Å². The van der Waals surface area contributed by atoms with E-state index in [1.165, 1.54) is 4.90 Å². The van der Waals surface area contributed by atoms with E-state index in [9.17, 15) is 9.59 Å². The average Bonchev–Trinajstić information content (AvgIpc) is 2.99. The number of carbonyl (C=O) groups excluding carboxylic acids is 2. The van der Waals surface area contributed by atoms with Gasteiger partial charge in [0.25, 0.3) is 0 Å². The Labute approximate surface area is 184 Å². The Morgan fingerprint density at radius 3 is 2.20 bits per heavy atom. The van der Waals surface area contributed by atoms with E-state index in [0.717, 1.165) is 24.0 Å². The predicted molar refractivity (Wildman–Crippen MR) is 117 cm³/mol. The van der Waals surface area contributed by atoms with Gasteiger partial charge in [-0.3, -0.25) is 10.3 Å². The molecule has 0 saturated heterocycles. The van der Waals surface area contributed by atoms with Crippen molar-refractivity contribution in [1.29, 1.82) is 0 Å². The van der Waals surface area contributed by atoms with Crippen LogP contribution in [0.2, 0.25) is 0 Å². The van der Waals surface area contributed by atoms with Crippen molar-refractivity contribution in [3.63, 3.8) is 0 Å². The highest BCUT2D eigenvalue weighted by atomic mass is 79.9. The summed E-state index contributed by atoms with van der Waals surface area (Å²) < 4.78 is 10.8. The lowest BCUT2D eigenvalue weighted by Gasteiger charge is -2.28. The van der Waals surface area contributed by atoms with E-state index in [0.29, 0.717) is 11.9 Å². The lowest BCUT2D eigenvalue weighted by Crippen LogP contribution is -2.52. The van der Waals surface area contributed by atoms with E-state index in [1.54, 1.807) is 0 Å². The number of rotatable bonds is 5. The molecule has 7 nitrogen and oxygen atoms in total. The van der Waals surface area contributed by atoms with Gasteiger partial charge in [-0.25, -0.2) is 14.5 Å². The van der Waals surface area contributed by atoms with E-state index in [2.05, 4.69) is 26.2 Å². The Hall–Kier alpha value is -2.87. The molecule has 1 heterocycles. The molecule has 1 N–H and O–H groups in total. The molecule has 0 saturated carbocycles. The first-order valence-electron chi connectivity index (χ1n) is 9.75. The van der Waals surface area contributed by atoms with Gasteiger partial charge in [-0.15, -0.1) is 0 Å². The molecule has 1 aliphatic heterocycles. The number of amides is 2. The van der Waals surface area contributed by atoms with Crippen molar-refractivity contribution in [2.24, 2.45) is 4.99 Å². The molecule has 1 unspecified atom stereocenters. The van der Waals surface area contributed by atoms with Crippen molar-refractivity contribution in [3.05, 3.63) is 71.8 Å². The molecule has 1 aliphatic rings. The number of nitrogens with zero attached hydrogens (tertiary/aromatic N) is 2. The van der Waals surface area contributed by atoms with Crippen LogP contribution in [-0.2, 0) is 22.7 Å². The largest absolute Gasteiger partial charge is 0.444 e. The predicted octanol–water partition coefficient (Wildman–Crippen LogP) is 4.46. The monoisotopic (exact) mass is 473 g/mol. The molecule has 1 atom stereocenters. The first-order chi connectivity index (χ1) is 14.7. The summed E-state index contributed by atoms with van der Waals surface area (Å²) in [4.78, 5) is 31.0. The van der Waals surface area contributed by atoms with Gasteiger partial charge in [0, 0.05) is 11.9 Å². The quantitative estimate of drug-likeness (QED) is 0.649. The van der Waals surface area contributed by atoms with Crippen LogP contribution >= 0.6 is 15.9 Å². The van der Waals surface area contributed by atoms with Crippen LogP contribution in [0.4, 0.5) is 9.59 Å². The fraction of sp³-hybridized carbons (Fsp3) is 0.318. The summed E-state index contributed by atoms with van der Waals surface area (Å²) in [5.41, 5.74) is 1.75. The number of benzene rings is 2. The van der Waals surface area contributed by atoms with Crippen molar-refractivity contribution in [3.8, 4) is 0 Å². The van der Waals surface area contributed by atoms with Crippen LogP contribution in [0.3, 0.4) is 0 Å². The Morgan fingerprint density at radius 1 is 1.00 bits per heavy atom. The Bertz CT molecular complexity index is 861. The maximum absolute atomic E-state index is 12.9. The molecule has 0 aliphatic carbocycles. The molecule has 0 radical (unpaired) electrons. The van der Waals surface area contributed by atoms with Crippen molar-refractivity contribution < 1.29 is 19.1 Å². The number of ether oxygens (including phenoxy) is 2. The first kappa shape index (κ1) is 21.8. The number of halogens is 1. The highest BCUT2D eigenvalue weighted by molar-refractivity contribution is 9.09. The van der Waals surface area contributed by atoms with E-state index in [4.69, 9.17) is 9.47 Å². The van der Waals surface area contributed by atoms with Crippen molar-refractivity contribution >= 4 is 34.1 Å². The zero-order valence-electron chi connectivity index (χ0n) is 16.5. The number of guanidine groups is 1. The summed E-state index contributed by atoms with van der Waals surface area (Å²) in [5.74, 6) is 0.146. The molecule has 158 valence electrons. The summed E-state index contributed by atoms with van der Waals surface area (Å²) in [5, 5.41) is 3.15. The molecule has 0 bridgehead atoms. The molecule has 2 aromatic carbocycles. The minimum Gasteiger partial charge on any atom is -0.444 e. The normalized spacial score (nSPS) is 16.2. The molecular weight excluding hydrogens is 450 g/mol. The van der Waals surface area contributed by atoms with Gasteiger partial charge >= 0.3 is 12.2 Å². The third-order valence-electron chi connectivity index (χ3n) is 4.56. The molecule has 2 aromatic rings. The van der Waals surface area contributed by atoms with Crippen LogP contribution in [0.15, 0.2) is 65.7 Å². The summed E-state index contributed by atoms with van der Waals surface area (Å²) in [6, 6.07) is 18.6. The molecule has 3 rings (SSSR count). The number of carbonyl (C=O) groups is 2. The number of alkyl carbamates (subject to hydrolysis) is 1. The van der Waals surface area contributed by atoms with E-state index in [-0.39, 0.29) is 25.2 Å². The highest BCUT2D eigenvalue weighted by Gasteiger charge is 2.32. The van der Waals surface area contributed by atoms with Crippen LogP contribution < -0.4 is 5.32 Å². The Balaban J connectivity index is 1.65. The zero-order chi connectivity index (χ0) is 21.2. The molecule has 0 spiro atoms. The van der Waals surface area contributed by atoms with Gasteiger partial charge in [-0.2, -0.15) is 0 Å². The van der Waals surface area contributed by atoms with Gasteiger partial charge in [0.05, 0.1) is 6.04 Å². The van der Waals surface area contributed by atoms with E-state index < -0.39 is 12.2 Å². The van der Waals surface area contributed by atoms with Crippen LogP contribution in [0.25, 0.3) is 0 Å². The second-order valence-corrected chi connectivity index (χ2v) is 7.40. The van der Waals surface area contributed by atoms with Crippen LogP contribution in [0.1, 0.15) is 24.0 Å². The van der Waals surface area contributed by atoms with Gasteiger partial charge < -0.3 is 9.47 Å². The minimum absolute atomic E-state index is 0.125. The van der Waals surface area contributed by atoms with Gasteiger partial charge in [-0.05, 0) is 24.0 Å². The van der Waals surface area contributed by atoms with Crippen molar-refractivity contribution in [1.82, 2.24) is 10.2 Å². The second kappa shape index (κ2) is 11.3. The Kier molecular flexibility index (Phi) is 8.26. The lowest BCUT2D eigenvalue weighted by atomic mass is 10.2. The highest BCUT2D eigenvalue weighted by Crippen LogP contribution is 2.17. The Morgan fingerprint density at radius 2 is 1.60 bits per heavy atom. The van der Waals surface area contributed by atoms with Crippen LogP contribution in [0.5, 0.6) is 0 Å².